The van der Waals surface area contributed by atoms with Crippen molar-refractivity contribution in [1.29, 1.82) is 0 Å². The van der Waals surface area contributed by atoms with Gasteiger partial charge in [0.1, 0.15) is 6.04 Å². The Kier molecular flexibility index (Phi) is 6.85. The monoisotopic (exact) mass is 456 g/mol. The van der Waals surface area contributed by atoms with Crippen LogP contribution in [0.3, 0.4) is 0 Å². The fourth-order valence-corrected chi connectivity index (χ4v) is 3.19. The number of halogens is 2. The molecule has 1 atom stereocenters. The van der Waals surface area contributed by atoms with Crippen molar-refractivity contribution in [2.24, 2.45) is 0 Å². The van der Waals surface area contributed by atoms with Crippen molar-refractivity contribution >= 4 is 45.0 Å². The average Bonchev–Trinajstić information content (AvgIpc) is 2.71. The van der Waals surface area contributed by atoms with Gasteiger partial charge in [0.25, 0.3) is 5.91 Å². The van der Waals surface area contributed by atoms with Crippen molar-refractivity contribution < 1.29 is 9.59 Å². The summed E-state index contributed by atoms with van der Waals surface area (Å²) >= 11 is 9.35. The molecular weight excluding hydrogens is 440 g/mol. The van der Waals surface area contributed by atoms with Gasteiger partial charge in [0.15, 0.2) is 0 Å². The van der Waals surface area contributed by atoms with Gasteiger partial charge in [-0.1, -0.05) is 60.1 Å². The summed E-state index contributed by atoms with van der Waals surface area (Å²) in [7, 11) is 0. The number of benzene rings is 3. The summed E-state index contributed by atoms with van der Waals surface area (Å²) in [6.07, 6.45) is 0.375. The predicted octanol–water partition coefficient (Wildman–Crippen LogP) is 5.08. The third-order valence-corrected chi connectivity index (χ3v) is 5.34. The normalized spacial score (nSPS) is 11.5. The molecule has 3 aromatic rings. The van der Waals surface area contributed by atoms with E-state index >= 15 is 0 Å². The minimum Gasteiger partial charge on any atom is -0.340 e. The molecule has 0 aliphatic heterocycles. The lowest BCUT2D eigenvalue weighted by molar-refractivity contribution is -0.118. The largest absolute Gasteiger partial charge is 0.340 e. The molecule has 0 saturated carbocycles. The van der Waals surface area contributed by atoms with E-state index in [0.29, 0.717) is 27.2 Å². The van der Waals surface area contributed by atoms with Crippen molar-refractivity contribution in [1.82, 2.24) is 5.32 Å². The molecule has 0 heterocycles. The Hall–Kier alpha value is -2.63. The van der Waals surface area contributed by atoms with Crippen molar-refractivity contribution in [3.05, 3.63) is 99.5 Å². The van der Waals surface area contributed by atoms with E-state index in [1.807, 2.05) is 36.4 Å². The van der Waals surface area contributed by atoms with Gasteiger partial charge in [0.05, 0.1) is 5.02 Å². The van der Waals surface area contributed by atoms with Gasteiger partial charge in [-0.15, -0.1) is 0 Å². The molecule has 3 aromatic carbocycles. The van der Waals surface area contributed by atoms with E-state index in [-0.39, 0.29) is 11.8 Å². The molecule has 28 heavy (non-hydrogen) atoms. The second kappa shape index (κ2) is 9.53. The van der Waals surface area contributed by atoms with Crippen LogP contribution in [0.25, 0.3) is 0 Å². The Morgan fingerprint density at radius 3 is 2.21 bits per heavy atom. The summed E-state index contributed by atoms with van der Waals surface area (Å²) in [6.45, 7) is 0. The SMILES string of the molecule is O=C(N[C@H](Cc1ccccc1)C(=O)Nc1ccc(Cl)c(Br)c1)c1ccccc1. The minimum atomic E-state index is -0.732. The molecule has 0 aromatic heterocycles. The maximum Gasteiger partial charge on any atom is 0.251 e. The molecule has 3 rings (SSSR count). The van der Waals surface area contributed by atoms with E-state index in [2.05, 4.69) is 26.6 Å². The highest BCUT2D eigenvalue weighted by Gasteiger charge is 2.22. The summed E-state index contributed by atoms with van der Waals surface area (Å²) in [5.41, 5.74) is 2.05. The summed E-state index contributed by atoms with van der Waals surface area (Å²) in [4.78, 5) is 25.5. The van der Waals surface area contributed by atoms with Gasteiger partial charge in [0.2, 0.25) is 5.91 Å². The maximum absolute atomic E-state index is 12.9. The number of hydrogen-bond donors (Lipinski definition) is 2. The van der Waals surface area contributed by atoms with Crippen LogP contribution in [0.5, 0.6) is 0 Å². The zero-order chi connectivity index (χ0) is 19.9. The van der Waals surface area contributed by atoms with Gasteiger partial charge >= 0.3 is 0 Å². The van der Waals surface area contributed by atoms with Gasteiger partial charge in [-0.05, 0) is 51.8 Å². The Bertz CT molecular complexity index is 965. The molecule has 0 spiro atoms. The van der Waals surface area contributed by atoms with Gasteiger partial charge in [0, 0.05) is 22.1 Å². The smallest absolute Gasteiger partial charge is 0.251 e. The van der Waals surface area contributed by atoms with Crippen molar-refractivity contribution in [3.8, 4) is 0 Å². The number of hydrogen-bond acceptors (Lipinski definition) is 2. The molecule has 0 fully saturated rings. The molecule has 0 saturated heterocycles. The Balaban J connectivity index is 1.79. The molecule has 0 aliphatic rings. The average molecular weight is 458 g/mol. The lowest BCUT2D eigenvalue weighted by atomic mass is 10.0. The van der Waals surface area contributed by atoms with Crippen LogP contribution in [-0.4, -0.2) is 17.9 Å². The van der Waals surface area contributed by atoms with Crippen LogP contribution in [0.4, 0.5) is 5.69 Å². The zero-order valence-electron chi connectivity index (χ0n) is 14.9. The summed E-state index contributed by atoms with van der Waals surface area (Å²) in [5, 5.41) is 6.24. The lowest BCUT2D eigenvalue weighted by Gasteiger charge is -2.19. The number of carbonyl (C=O) groups is 2. The van der Waals surface area contributed by atoms with Gasteiger partial charge in [-0.2, -0.15) is 0 Å². The van der Waals surface area contributed by atoms with Crippen molar-refractivity contribution in [2.45, 2.75) is 12.5 Å². The maximum atomic E-state index is 12.9. The molecule has 142 valence electrons. The first-order chi connectivity index (χ1) is 13.5. The second-order valence-corrected chi connectivity index (χ2v) is 7.46. The second-order valence-electron chi connectivity index (χ2n) is 6.20. The first-order valence-electron chi connectivity index (χ1n) is 8.68. The number of rotatable bonds is 6. The first kappa shape index (κ1) is 20.1. The van der Waals surface area contributed by atoms with Crippen LogP contribution in [0.15, 0.2) is 83.3 Å². The van der Waals surface area contributed by atoms with Crippen molar-refractivity contribution in [3.63, 3.8) is 0 Å². The lowest BCUT2D eigenvalue weighted by Crippen LogP contribution is -2.45. The van der Waals surface area contributed by atoms with Crippen LogP contribution in [0, 0.1) is 0 Å². The Morgan fingerprint density at radius 2 is 1.57 bits per heavy atom. The third kappa shape index (κ3) is 5.44. The van der Waals surface area contributed by atoms with E-state index in [4.69, 9.17) is 11.6 Å². The Labute approximate surface area is 177 Å². The molecule has 2 amide bonds. The Morgan fingerprint density at radius 1 is 0.929 bits per heavy atom. The fraction of sp³-hybridized carbons (Fsp3) is 0.0909. The predicted molar refractivity (Wildman–Crippen MR) is 116 cm³/mol. The van der Waals surface area contributed by atoms with Crippen LogP contribution in [0.1, 0.15) is 15.9 Å². The summed E-state index contributed by atoms with van der Waals surface area (Å²) in [5.74, 6) is -0.601. The minimum absolute atomic E-state index is 0.297. The van der Waals surface area contributed by atoms with E-state index in [1.54, 1.807) is 42.5 Å². The third-order valence-electron chi connectivity index (χ3n) is 4.13. The number of carbonyl (C=O) groups excluding carboxylic acids is 2. The van der Waals surface area contributed by atoms with Gasteiger partial charge in [-0.25, -0.2) is 0 Å². The molecule has 0 radical (unpaired) electrons. The van der Waals surface area contributed by atoms with E-state index in [1.165, 1.54) is 0 Å². The topological polar surface area (TPSA) is 58.2 Å². The standard InChI is InChI=1S/C22H18BrClN2O2/c23-18-14-17(11-12-19(18)24)25-22(28)20(13-15-7-3-1-4-8-15)26-21(27)16-9-5-2-6-10-16/h1-12,14,20H,13H2,(H,25,28)(H,26,27)/t20-/m1/s1. The molecule has 4 nitrogen and oxygen atoms in total. The van der Waals surface area contributed by atoms with E-state index < -0.39 is 6.04 Å². The number of anilines is 1. The molecule has 0 bridgehead atoms. The van der Waals surface area contributed by atoms with Crippen LogP contribution < -0.4 is 10.6 Å². The molecule has 0 aliphatic carbocycles. The number of nitrogens with one attached hydrogen (secondary N) is 2. The molecule has 2 N–H and O–H groups in total. The molecule has 0 unspecified atom stereocenters. The fourth-order valence-electron chi connectivity index (χ4n) is 2.69. The van der Waals surface area contributed by atoms with Gasteiger partial charge in [-0.3, -0.25) is 9.59 Å². The van der Waals surface area contributed by atoms with Crippen LogP contribution in [0.2, 0.25) is 5.02 Å². The van der Waals surface area contributed by atoms with Crippen molar-refractivity contribution in [2.75, 3.05) is 5.32 Å². The van der Waals surface area contributed by atoms with Gasteiger partial charge < -0.3 is 10.6 Å². The van der Waals surface area contributed by atoms with Crippen LogP contribution in [-0.2, 0) is 11.2 Å². The van der Waals surface area contributed by atoms with E-state index in [9.17, 15) is 9.59 Å². The summed E-state index contributed by atoms with van der Waals surface area (Å²) in [6, 6.07) is 22.8. The first-order valence-corrected chi connectivity index (χ1v) is 9.86. The highest BCUT2D eigenvalue weighted by molar-refractivity contribution is 9.10. The number of amides is 2. The molecular formula is C22H18BrClN2O2. The highest BCUT2D eigenvalue weighted by Crippen LogP contribution is 2.25. The van der Waals surface area contributed by atoms with E-state index in [0.717, 1.165) is 5.56 Å². The molecule has 6 heteroatoms. The quantitative estimate of drug-likeness (QED) is 0.542. The summed E-state index contributed by atoms with van der Waals surface area (Å²) < 4.78 is 0.680. The zero-order valence-corrected chi connectivity index (χ0v) is 17.2. The van der Waals surface area contributed by atoms with Crippen LogP contribution >= 0.6 is 27.5 Å². The highest BCUT2D eigenvalue weighted by atomic mass is 79.9.